The molecule has 2 heteroatoms. The van der Waals surface area contributed by atoms with Crippen LogP contribution in [0.1, 0.15) is 26.7 Å². The molecular weight excluding hydrogens is 249 g/mol. The monoisotopic (exact) mass is 265 g/mol. The molecule has 64 valence electrons. The summed E-state index contributed by atoms with van der Waals surface area (Å²) in [5, 5.41) is 0. The standard InChI is InChI=1S/C9H16IN/c1-6-8-4-7(11(6)3)5-9(8,2)10/h6-8H,4-5H2,1-3H3/t6-,7+,8+,9?/m1/s1. The fourth-order valence-corrected chi connectivity index (χ4v) is 4.14. The van der Waals surface area contributed by atoms with E-state index in [4.69, 9.17) is 0 Å². The molecule has 1 nitrogen and oxygen atoms in total. The van der Waals surface area contributed by atoms with E-state index in [9.17, 15) is 0 Å². The average molecular weight is 265 g/mol. The van der Waals surface area contributed by atoms with Gasteiger partial charge in [0.1, 0.15) is 0 Å². The van der Waals surface area contributed by atoms with Crippen molar-refractivity contribution in [3.63, 3.8) is 0 Å². The van der Waals surface area contributed by atoms with Gasteiger partial charge in [0, 0.05) is 15.5 Å². The molecule has 1 saturated heterocycles. The van der Waals surface area contributed by atoms with Crippen LogP contribution in [-0.2, 0) is 0 Å². The normalized spacial score (nSPS) is 57.3. The lowest BCUT2D eigenvalue weighted by Crippen LogP contribution is -2.44. The Labute approximate surface area is 82.7 Å². The first kappa shape index (κ1) is 8.30. The molecule has 2 aliphatic rings. The summed E-state index contributed by atoms with van der Waals surface area (Å²) < 4.78 is 0.592. The minimum Gasteiger partial charge on any atom is -0.300 e. The first-order valence-electron chi connectivity index (χ1n) is 4.43. The zero-order valence-corrected chi connectivity index (χ0v) is 9.63. The largest absolute Gasteiger partial charge is 0.300 e. The van der Waals surface area contributed by atoms with E-state index in [1.807, 2.05) is 0 Å². The molecule has 0 aromatic heterocycles. The first-order valence-corrected chi connectivity index (χ1v) is 5.51. The lowest BCUT2D eigenvalue weighted by molar-refractivity contribution is 0.173. The lowest BCUT2D eigenvalue weighted by Gasteiger charge is -2.38. The molecule has 4 atom stereocenters. The van der Waals surface area contributed by atoms with Gasteiger partial charge in [0.2, 0.25) is 0 Å². The topological polar surface area (TPSA) is 3.24 Å². The second kappa shape index (κ2) is 2.34. The number of hydrogen-bond donors (Lipinski definition) is 0. The van der Waals surface area contributed by atoms with Gasteiger partial charge in [-0.15, -0.1) is 0 Å². The quantitative estimate of drug-likeness (QED) is 0.480. The van der Waals surface area contributed by atoms with E-state index in [1.54, 1.807) is 0 Å². The lowest BCUT2D eigenvalue weighted by atomic mass is 9.90. The molecule has 0 radical (unpaired) electrons. The van der Waals surface area contributed by atoms with Gasteiger partial charge >= 0.3 is 0 Å². The fraction of sp³-hybridized carbons (Fsp3) is 1.00. The molecule has 11 heavy (non-hydrogen) atoms. The summed E-state index contributed by atoms with van der Waals surface area (Å²) in [5.74, 6) is 0.943. The number of piperidine rings is 1. The summed E-state index contributed by atoms with van der Waals surface area (Å²) in [4.78, 5) is 2.56. The third kappa shape index (κ3) is 1.05. The number of halogens is 1. The average Bonchev–Trinajstić information content (AvgIpc) is 2.31. The van der Waals surface area contributed by atoms with Crippen molar-refractivity contribution in [2.24, 2.45) is 5.92 Å². The van der Waals surface area contributed by atoms with Gasteiger partial charge in [0.25, 0.3) is 0 Å². The van der Waals surface area contributed by atoms with E-state index in [0.29, 0.717) is 3.42 Å². The van der Waals surface area contributed by atoms with Crippen molar-refractivity contribution in [1.29, 1.82) is 0 Å². The van der Waals surface area contributed by atoms with Crippen LogP contribution >= 0.6 is 22.6 Å². The van der Waals surface area contributed by atoms with E-state index in [0.717, 1.165) is 18.0 Å². The summed E-state index contributed by atoms with van der Waals surface area (Å²) in [6, 6.07) is 1.70. The van der Waals surface area contributed by atoms with Crippen LogP contribution in [0.3, 0.4) is 0 Å². The number of nitrogens with zero attached hydrogens (tertiary/aromatic N) is 1. The number of likely N-dealkylation sites (tertiary alicyclic amines) is 1. The van der Waals surface area contributed by atoms with Gasteiger partial charge in [-0.2, -0.15) is 0 Å². The summed E-state index contributed by atoms with van der Waals surface area (Å²) in [7, 11) is 2.28. The summed E-state index contributed by atoms with van der Waals surface area (Å²) >= 11 is 2.66. The predicted octanol–water partition coefficient (Wildman–Crippen LogP) is 2.29. The van der Waals surface area contributed by atoms with Crippen LogP contribution in [0, 0.1) is 5.92 Å². The van der Waals surface area contributed by atoms with E-state index in [-0.39, 0.29) is 0 Å². The zero-order valence-electron chi connectivity index (χ0n) is 7.47. The maximum Gasteiger partial charge on any atom is 0.0252 e. The molecule has 2 fully saturated rings. The maximum atomic E-state index is 2.66. The Hall–Kier alpha value is 0.690. The van der Waals surface area contributed by atoms with Crippen molar-refractivity contribution < 1.29 is 0 Å². The van der Waals surface area contributed by atoms with Gasteiger partial charge in [-0.3, -0.25) is 0 Å². The molecule has 0 N–H and O–H groups in total. The molecule has 1 unspecified atom stereocenters. The molecule has 0 aromatic rings. The molecule has 1 heterocycles. The van der Waals surface area contributed by atoms with Gasteiger partial charge in [0.05, 0.1) is 0 Å². The van der Waals surface area contributed by atoms with Gasteiger partial charge in [0.15, 0.2) is 0 Å². The Kier molecular flexibility index (Phi) is 1.77. The Morgan fingerprint density at radius 1 is 1.55 bits per heavy atom. The molecule has 1 aliphatic heterocycles. The number of alkyl halides is 1. The molecule has 0 amide bonds. The van der Waals surface area contributed by atoms with Crippen LogP contribution in [-0.4, -0.2) is 27.5 Å². The van der Waals surface area contributed by atoms with Gasteiger partial charge < -0.3 is 4.90 Å². The third-order valence-corrected chi connectivity index (χ3v) is 4.97. The van der Waals surface area contributed by atoms with Crippen LogP contribution in [0.25, 0.3) is 0 Å². The Morgan fingerprint density at radius 3 is 2.55 bits per heavy atom. The number of fused-ring (bicyclic) bond motifs is 2. The van der Waals surface area contributed by atoms with Crippen LogP contribution in [0.5, 0.6) is 0 Å². The minimum absolute atomic E-state index is 0.592. The fourth-order valence-electron chi connectivity index (χ4n) is 2.86. The van der Waals surface area contributed by atoms with Crippen molar-refractivity contribution in [2.45, 2.75) is 42.2 Å². The zero-order chi connectivity index (χ0) is 8.22. The molecule has 0 aromatic carbocycles. The highest BCUT2D eigenvalue weighted by atomic mass is 127. The first-order chi connectivity index (χ1) is 5.02. The summed E-state index contributed by atoms with van der Waals surface area (Å²) in [5.41, 5.74) is 0. The highest BCUT2D eigenvalue weighted by Crippen LogP contribution is 2.52. The van der Waals surface area contributed by atoms with Crippen molar-refractivity contribution >= 4 is 22.6 Å². The van der Waals surface area contributed by atoms with Gasteiger partial charge in [-0.05, 0) is 32.7 Å². The minimum atomic E-state index is 0.592. The number of hydrogen-bond acceptors (Lipinski definition) is 1. The van der Waals surface area contributed by atoms with Crippen molar-refractivity contribution in [2.75, 3.05) is 7.05 Å². The molecular formula is C9H16IN. The maximum absolute atomic E-state index is 2.66. The highest BCUT2D eigenvalue weighted by molar-refractivity contribution is 14.1. The Balaban J connectivity index is 2.23. The second-order valence-corrected chi connectivity index (χ2v) is 6.85. The van der Waals surface area contributed by atoms with Gasteiger partial charge in [-0.1, -0.05) is 29.5 Å². The van der Waals surface area contributed by atoms with E-state index < -0.39 is 0 Å². The van der Waals surface area contributed by atoms with Crippen molar-refractivity contribution in [3.8, 4) is 0 Å². The highest BCUT2D eigenvalue weighted by Gasteiger charge is 2.52. The smallest absolute Gasteiger partial charge is 0.0252 e. The molecule has 1 saturated carbocycles. The van der Waals surface area contributed by atoms with Crippen LogP contribution in [0.4, 0.5) is 0 Å². The van der Waals surface area contributed by atoms with Crippen molar-refractivity contribution in [1.82, 2.24) is 4.90 Å². The molecule has 0 spiro atoms. The van der Waals surface area contributed by atoms with Crippen LogP contribution in [0.15, 0.2) is 0 Å². The molecule has 2 bridgehead atoms. The van der Waals surface area contributed by atoms with E-state index >= 15 is 0 Å². The van der Waals surface area contributed by atoms with Gasteiger partial charge in [-0.25, -0.2) is 0 Å². The van der Waals surface area contributed by atoms with E-state index in [2.05, 4.69) is 48.4 Å². The Morgan fingerprint density at radius 2 is 2.18 bits per heavy atom. The summed E-state index contributed by atoms with van der Waals surface area (Å²) in [6.07, 6.45) is 2.84. The van der Waals surface area contributed by atoms with E-state index in [1.165, 1.54) is 12.8 Å². The number of rotatable bonds is 0. The Bertz CT molecular complexity index is 176. The summed E-state index contributed by atoms with van der Waals surface area (Å²) in [6.45, 7) is 4.79. The van der Waals surface area contributed by atoms with Crippen LogP contribution in [0.2, 0.25) is 0 Å². The molecule has 2 rings (SSSR count). The third-order valence-electron chi connectivity index (χ3n) is 3.73. The van der Waals surface area contributed by atoms with Crippen molar-refractivity contribution in [3.05, 3.63) is 0 Å². The van der Waals surface area contributed by atoms with Crippen LogP contribution < -0.4 is 0 Å². The molecule has 1 aliphatic carbocycles. The second-order valence-electron chi connectivity index (χ2n) is 4.38. The predicted molar refractivity (Wildman–Crippen MR) is 56.2 cm³/mol. The SMILES string of the molecule is C[C@@H]1[C@@H]2C[C@@H](CC2(C)I)N1C.